The number of hydrogen-bond acceptors (Lipinski definition) is 4. The van der Waals surface area contributed by atoms with Crippen LogP contribution in [0.1, 0.15) is 35.7 Å². The van der Waals surface area contributed by atoms with Gasteiger partial charge < -0.3 is 20.3 Å². The molecule has 0 atom stereocenters. The molecule has 1 aromatic carbocycles. The Morgan fingerprint density at radius 2 is 1.66 bits per heavy atom. The average Bonchev–Trinajstić information content (AvgIpc) is 2.70. The van der Waals surface area contributed by atoms with E-state index < -0.39 is 17.8 Å². The summed E-state index contributed by atoms with van der Waals surface area (Å²) in [5.74, 6) is -0.761. The number of halogens is 3. The summed E-state index contributed by atoms with van der Waals surface area (Å²) in [7, 11) is 0. The number of nitrogens with one attached hydrogen (secondary N) is 2. The fraction of sp³-hybridized carbons (Fsp3) is 0.526. The number of piperidine rings is 1. The number of alkyl carbamates (subject to hydrolysis) is 1. The van der Waals surface area contributed by atoms with Crippen LogP contribution in [0.4, 0.5) is 18.0 Å². The highest BCUT2D eigenvalue weighted by Gasteiger charge is 2.31. The molecule has 3 amide bonds. The second kappa shape index (κ2) is 10.1. The molecule has 1 fully saturated rings. The Morgan fingerprint density at radius 3 is 2.21 bits per heavy atom. The van der Waals surface area contributed by atoms with Gasteiger partial charge in [0, 0.05) is 37.7 Å². The first kappa shape index (κ1) is 22.5. The van der Waals surface area contributed by atoms with Crippen LogP contribution >= 0.6 is 0 Å². The maximum atomic E-state index is 12.6. The lowest BCUT2D eigenvalue weighted by molar-refractivity contribution is -0.137. The molecule has 0 saturated carbocycles. The van der Waals surface area contributed by atoms with Crippen LogP contribution in [0.25, 0.3) is 0 Å². The van der Waals surface area contributed by atoms with Gasteiger partial charge >= 0.3 is 12.3 Å². The topological polar surface area (TPSA) is 87.7 Å². The smallest absolute Gasteiger partial charge is 0.416 e. The molecule has 1 aromatic rings. The van der Waals surface area contributed by atoms with Crippen molar-refractivity contribution in [3.05, 3.63) is 35.4 Å². The minimum absolute atomic E-state index is 0.155. The number of rotatable bonds is 6. The van der Waals surface area contributed by atoms with Gasteiger partial charge in [-0.3, -0.25) is 9.59 Å². The first-order chi connectivity index (χ1) is 13.7. The molecule has 7 nitrogen and oxygen atoms in total. The van der Waals surface area contributed by atoms with Crippen molar-refractivity contribution in [2.24, 2.45) is 5.92 Å². The maximum Gasteiger partial charge on any atom is 0.416 e. The molecule has 10 heteroatoms. The maximum absolute atomic E-state index is 12.6. The molecule has 2 rings (SSSR count). The van der Waals surface area contributed by atoms with E-state index >= 15 is 0 Å². The molecule has 29 heavy (non-hydrogen) atoms. The highest BCUT2D eigenvalue weighted by molar-refractivity contribution is 5.94. The first-order valence-electron chi connectivity index (χ1n) is 9.37. The number of amides is 3. The van der Waals surface area contributed by atoms with Gasteiger partial charge in [0.1, 0.15) is 0 Å². The number of benzene rings is 1. The van der Waals surface area contributed by atoms with Crippen molar-refractivity contribution in [3.63, 3.8) is 0 Å². The second-order valence-corrected chi connectivity index (χ2v) is 6.58. The molecule has 0 aliphatic carbocycles. The van der Waals surface area contributed by atoms with Crippen LogP contribution in [0, 0.1) is 5.92 Å². The number of carbonyl (C=O) groups is 3. The summed E-state index contributed by atoms with van der Waals surface area (Å²) in [4.78, 5) is 37.3. The monoisotopic (exact) mass is 415 g/mol. The molecule has 0 bridgehead atoms. The van der Waals surface area contributed by atoms with Gasteiger partial charge in [-0.1, -0.05) is 0 Å². The summed E-state index contributed by atoms with van der Waals surface area (Å²) >= 11 is 0. The van der Waals surface area contributed by atoms with Crippen LogP contribution in [0.5, 0.6) is 0 Å². The number of hydrogen-bond donors (Lipinski definition) is 2. The summed E-state index contributed by atoms with van der Waals surface area (Å²) in [6.07, 6.45) is -4.07. The van der Waals surface area contributed by atoms with Gasteiger partial charge in [0.15, 0.2) is 0 Å². The Hall–Kier alpha value is -2.78. The third-order valence-corrected chi connectivity index (χ3v) is 4.58. The summed E-state index contributed by atoms with van der Waals surface area (Å²) in [5.41, 5.74) is -0.618. The normalized spacial score (nSPS) is 15.0. The van der Waals surface area contributed by atoms with E-state index in [1.54, 1.807) is 6.92 Å². The van der Waals surface area contributed by atoms with Crippen LogP contribution < -0.4 is 10.6 Å². The van der Waals surface area contributed by atoms with Crippen molar-refractivity contribution >= 4 is 17.9 Å². The molecule has 1 aliphatic heterocycles. The molecule has 1 heterocycles. The second-order valence-electron chi connectivity index (χ2n) is 6.58. The fourth-order valence-corrected chi connectivity index (χ4v) is 3.01. The number of alkyl halides is 3. The predicted molar refractivity (Wildman–Crippen MR) is 98.1 cm³/mol. The van der Waals surface area contributed by atoms with E-state index in [9.17, 15) is 27.6 Å². The van der Waals surface area contributed by atoms with Crippen LogP contribution in [-0.4, -0.2) is 55.6 Å². The lowest BCUT2D eigenvalue weighted by Crippen LogP contribution is -2.44. The van der Waals surface area contributed by atoms with E-state index in [0.29, 0.717) is 25.9 Å². The summed E-state index contributed by atoms with van der Waals surface area (Å²) in [5, 5.41) is 5.22. The van der Waals surface area contributed by atoms with E-state index in [2.05, 4.69) is 10.6 Å². The Bertz CT molecular complexity index is 714. The van der Waals surface area contributed by atoms with Crippen LogP contribution in [0.15, 0.2) is 24.3 Å². The lowest BCUT2D eigenvalue weighted by atomic mass is 9.95. The zero-order valence-electron chi connectivity index (χ0n) is 16.1. The lowest BCUT2D eigenvalue weighted by Gasteiger charge is -2.31. The van der Waals surface area contributed by atoms with Crippen molar-refractivity contribution in [2.75, 3.05) is 32.8 Å². The molecule has 2 N–H and O–H groups in total. The van der Waals surface area contributed by atoms with E-state index in [0.717, 1.165) is 12.1 Å². The molecule has 1 saturated heterocycles. The Kier molecular flexibility index (Phi) is 7.86. The van der Waals surface area contributed by atoms with Crippen molar-refractivity contribution in [3.8, 4) is 0 Å². The largest absolute Gasteiger partial charge is 0.450 e. The minimum atomic E-state index is -4.45. The summed E-state index contributed by atoms with van der Waals surface area (Å²) < 4.78 is 42.6. The van der Waals surface area contributed by atoms with Crippen molar-refractivity contribution in [1.29, 1.82) is 0 Å². The Morgan fingerprint density at radius 1 is 1.07 bits per heavy atom. The third kappa shape index (κ3) is 6.65. The molecular formula is C19H24F3N3O4. The number of likely N-dealkylation sites (tertiary alicyclic amines) is 1. The highest BCUT2D eigenvalue weighted by Crippen LogP contribution is 2.29. The van der Waals surface area contributed by atoms with E-state index in [4.69, 9.17) is 4.74 Å². The molecule has 0 radical (unpaired) electrons. The highest BCUT2D eigenvalue weighted by atomic mass is 19.4. The van der Waals surface area contributed by atoms with Crippen LogP contribution in [-0.2, 0) is 15.7 Å². The van der Waals surface area contributed by atoms with Gasteiger partial charge in [0.25, 0.3) is 5.91 Å². The Labute approximate surface area is 166 Å². The third-order valence-electron chi connectivity index (χ3n) is 4.58. The van der Waals surface area contributed by atoms with Gasteiger partial charge in [0.2, 0.25) is 5.91 Å². The molecular weight excluding hydrogens is 391 g/mol. The number of carbonyl (C=O) groups excluding carboxylic acids is 3. The molecule has 0 spiro atoms. The summed E-state index contributed by atoms with van der Waals surface area (Å²) in [6.45, 7) is 3.16. The van der Waals surface area contributed by atoms with E-state index in [1.165, 1.54) is 17.0 Å². The van der Waals surface area contributed by atoms with Gasteiger partial charge in [-0.05, 0) is 44.0 Å². The molecule has 160 valence electrons. The predicted octanol–water partition coefficient (Wildman–Crippen LogP) is 2.42. The first-order valence-corrected chi connectivity index (χ1v) is 9.37. The number of ether oxygens (including phenoxy) is 1. The zero-order valence-corrected chi connectivity index (χ0v) is 16.1. The number of nitrogens with zero attached hydrogens (tertiary/aromatic N) is 1. The fourth-order valence-electron chi connectivity index (χ4n) is 3.01. The van der Waals surface area contributed by atoms with Crippen LogP contribution in [0.3, 0.4) is 0 Å². The van der Waals surface area contributed by atoms with Crippen LogP contribution in [0.2, 0.25) is 0 Å². The minimum Gasteiger partial charge on any atom is -0.450 e. The zero-order chi connectivity index (χ0) is 21.4. The molecule has 0 unspecified atom stereocenters. The van der Waals surface area contributed by atoms with Crippen molar-refractivity contribution in [1.82, 2.24) is 15.5 Å². The SMILES string of the molecule is CCOC(=O)NCCNC(=O)C1CCN(C(=O)c2ccc(C(F)(F)F)cc2)CC1. The molecule has 1 aliphatic rings. The summed E-state index contributed by atoms with van der Waals surface area (Å²) in [6, 6.07) is 4.11. The van der Waals surface area contributed by atoms with Gasteiger partial charge in [-0.2, -0.15) is 13.2 Å². The van der Waals surface area contributed by atoms with E-state index in [-0.39, 0.29) is 43.0 Å². The standard InChI is InChI=1S/C19H24F3N3O4/c1-2-29-18(28)24-10-9-23-16(26)13-7-11-25(12-8-13)17(27)14-3-5-15(6-4-14)19(20,21)22/h3-6,13H,2,7-12H2,1H3,(H,23,26)(H,24,28). The Balaban J connectivity index is 1.76. The quantitative estimate of drug-likeness (QED) is 0.699. The van der Waals surface area contributed by atoms with E-state index in [1.807, 2.05) is 0 Å². The van der Waals surface area contributed by atoms with Crippen molar-refractivity contribution in [2.45, 2.75) is 25.9 Å². The molecule has 0 aromatic heterocycles. The van der Waals surface area contributed by atoms with Gasteiger partial charge in [-0.15, -0.1) is 0 Å². The average molecular weight is 415 g/mol. The van der Waals surface area contributed by atoms with Crippen molar-refractivity contribution < 1.29 is 32.3 Å². The van der Waals surface area contributed by atoms with Gasteiger partial charge in [-0.25, -0.2) is 4.79 Å². The van der Waals surface area contributed by atoms with Gasteiger partial charge in [0.05, 0.1) is 12.2 Å².